The molecule has 1 aliphatic rings. The molecule has 3 rings (SSSR count). The Morgan fingerprint density at radius 1 is 1.26 bits per heavy atom. The van der Waals surface area contributed by atoms with Gasteiger partial charge in [0.2, 0.25) is 0 Å². The Kier molecular flexibility index (Phi) is 9.53. The number of hydrogen-bond donors (Lipinski definition) is 3. The summed E-state index contributed by atoms with van der Waals surface area (Å²) in [7, 11) is 1.93. The van der Waals surface area contributed by atoms with Gasteiger partial charge in [-0.05, 0) is 52.8 Å². The number of ether oxygens (including phenoxy) is 3. The monoisotopic (exact) mass is 524 g/mol. The number of amides is 1. The first-order chi connectivity index (χ1) is 18.1. The largest absolute Gasteiger partial charge is 0.482 e. The highest BCUT2D eigenvalue weighted by atomic mass is 16.6. The van der Waals surface area contributed by atoms with Crippen molar-refractivity contribution in [3.05, 3.63) is 54.8 Å². The average Bonchev–Trinajstić information content (AvgIpc) is 3.19. The van der Waals surface area contributed by atoms with Gasteiger partial charge in [-0.1, -0.05) is 6.07 Å². The van der Waals surface area contributed by atoms with E-state index in [2.05, 4.69) is 32.5 Å². The molecule has 38 heavy (non-hydrogen) atoms. The van der Waals surface area contributed by atoms with Crippen molar-refractivity contribution in [2.75, 3.05) is 49.3 Å². The summed E-state index contributed by atoms with van der Waals surface area (Å²) in [4.78, 5) is 34.8. The van der Waals surface area contributed by atoms with Gasteiger partial charge in [0.05, 0.1) is 17.7 Å². The smallest absolute Gasteiger partial charge is 0.344 e. The van der Waals surface area contributed by atoms with Crippen LogP contribution in [0.4, 0.5) is 17.3 Å². The molecule has 0 aliphatic carbocycles. The van der Waals surface area contributed by atoms with Gasteiger partial charge < -0.3 is 35.1 Å². The second-order valence-electron chi connectivity index (χ2n) is 9.53. The summed E-state index contributed by atoms with van der Waals surface area (Å²) < 4.78 is 16.2. The highest BCUT2D eigenvalue weighted by Gasteiger charge is 2.29. The molecule has 1 amide bonds. The van der Waals surface area contributed by atoms with Gasteiger partial charge in [0.1, 0.15) is 29.3 Å². The zero-order chi connectivity index (χ0) is 27.7. The number of carbonyl (C=O) groups is 2. The molecule has 2 aromatic rings. The molecule has 2 heterocycles. The second-order valence-corrected chi connectivity index (χ2v) is 9.53. The lowest BCUT2D eigenvalue weighted by molar-refractivity contribution is -0.145. The van der Waals surface area contributed by atoms with Crippen LogP contribution in [0.25, 0.3) is 5.57 Å². The number of nitrogens with zero attached hydrogens (tertiary/aromatic N) is 3. The van der Waals surface area contributed by atoms with E-state index < -0.39 is 5.97 Å². The van der Waals surface area contributed by atoms with Crippen molar-refractivity contribution >= 4 is 34.8 Å². The van der Waals surface area contributed by atoms with Gasteiger partial charge in [0.15, 0.2) is 12.5 Å². The summed E-state index contributed by atoms with van der Waals surface area (Å²) in [5.41, 5.74) is 1.35. The quantitative estimate of drug-likeness (QED) is 0.154. The molecule has 11 heteroatoms. The predicted octanol–water partition coefficient (Wildman–Crippen LogP) is 3.84. The van der Waals surface area contributed by atoms with Crippen LogP contribution in [0.3, 0.4) is 0 Å². The average molecular weight is 525 g/mol. The lowest BCUT2D eigenvalue weighted by Gasteiger charge is -2.29. The molecule has 0 bridgehead atoms. The molecule has 0 fully saturated rings. The van der Waals surface area contributed by atoms with Gasteiger partial charge >= 0.3 is 5.97 Å². The Morgan fingerprint density at radius 2 is 2.05 bits per heavy atom. The number of benzene rings is 1. The van der Waals surface area contributed by atoms with Crippen LogP contribution < -0.4 is 20.7 Å². The van der Waals surface area contributed by atoms with Crippen molar-refractivity contribution in [3.8, 4) is 5.75 Å². The molecular weight excluding hydrogens is 488 g/mol. The third-order valence-electron chi connectivity index (χ3n) is 5.28. The second kappa shape index (κ2) is 12.8. The molecule has 0 saturated heterocycles. The van der Waals surface area contributed by atoms with Crippen molar-refractivity contribution in [1.82, 2.24) is 14.9 Å². The zero-order valence-electron chi connectivity index (χ0n) is 22.6. The van der Waals surface area contributed by atoms with E-state index in [1.165, 1.54) is 6.33 Å². The van der Waals surface area contributed by atoms with Gasteiger partial charge in [0.25, 0.3) is 5.91 Å². The number of fused-ring (bicyclic) bond motifs is 1. The SMILES string of the molecule is C=C(OC(C)(C)C)N(C)CCCNc1ncnc2c1/C(=C/Nc1cccc(OCC(=O)OCC)c1)C(=O)N2. The highest BCUT2D eigenvalue weighted by Crippen LogP contribution is 2.34. The number of esters is 1. The maximum atomic E-state index is 12.7. The van der Waals surface area contributed by atoms with E-state index in [4.69, 9.17) is 14.2 Å². The third kappa shape index (κ3) is 8.12. The van der Waals surface area contributed by atoms with Gasteiger partial charge in [-0.25, -0.2) is 14.8 Å². The molecule has 0 unspecified atom stereocenters. The Balaban J connectivity index is 1.63. The van der Waals surface area contributed by atoms with Gasteiger partial charge in [-0.15, -0.1) is 0 Å². The standard InChI is InChI=1S/C27H36N6O5/c1-7-36-22(34)16-37-20-11-8-10-19(14-20)29-15-21-23-24(30-17-31-25(23)32-26(21)35)28-12-9-13-33(6)18(2)38-27(3,4)5/h8,10-11,14-15,17,29H,2,7,9,12-13,16H2,1,3-6H3,(H2,28,30,31,32,35)/b21-15-. The number of anilines is 3. The summed E-state index contributed by atoms with van der Waals surface area (Å²) in [5.74, 6) is 1.37. The fourth-order valence-electron chi connectivity index (χ4n) is 3.55. The molecule has 11 nitrogen and oxygen atoms in total. The molecule has 1 aromatic carbocycles. The maximum absolute atomic E-state index is 12.7. The van der Waals surface area contributed by atoms with Crippen LogP contribution in [0.5, 0.6) is 5.75 Å². The van der Waals surface area contributed by atoms with Crippen LogP contribution in [-0.2, 0) is 19.1 Å². The molecule has 3 N–H and O–H groups in total. The summed E-state index contributed by atoms with van der Waals surface area (Å²) in [5, 5.41) is 9.20. The molecule has 1 aromatic heterocycles. The summed E-state index contributed by atoms with van der Waals surface area (Å²) in [6, 6.07) is 7.04. The Morgan fingerprint density at radius 3 is 2.79 bits per heavy atom. The Labute approximate surface area is 223 Å². The number of aromatic nitrogens is 2. The van der Waals surface area contributed by atoms with E-state index in [0.717, 1.165) is 13.0 Å². The zero-order valence-corrected chi connectivity index (χ0v) is 22.6. The van der Waals surface area contributed by atoms with Crippen LogP contribution >= 0.6 is 0 Å². The van der Waals surface area contributed by atoms with Gasteiger partial charge in [-0.2, -0.15) is 0 Å². The van der Waals surface area contributed by atoms with Crippen molar-refractivity contribution in [1.29, 1.82) is 0 Å². The van der Waals surface area contributed by atoms with Crippen molar-refractivity contribution in [2.24, 2.45) is 0 Å². The summed E-state index contributed by atoms with van der Waals surface area (Å²) in [6.45, 7) is 13.1. The fraction of sp³-hybridized carbons (Fsp3) is 0.407. The minimum absolute atomic E-state index is 0.186. The highest BCUT2D eigenvalue weighted by molar-refractivity contribution is 6.32. The van der Waals surface area contributed by atoms with Crippen LogP contribution in [0.1, 0.15) is 39.7 Å². The molecule has 0 atom stereocenters. The lowest BCUT2D eigenvalue weighted by Crippen LogP contribution is -2.28. The van der Waals surface area contributed by atoms with E-state index in [1.807, 2.05) is 38.8 Å². The molecule has 0 radical (unpaired) electrons. The molecule has 0 saturated carbocycles. The maximum Gasteiger partial charge on any atom is 0.344 e. The van der Waals surface area contributed by atoms with Crippen LogP contribution in [-0.4, -0.2) is 65.7 Å². The van der Waals surface area contributed by atoms with E-state index in [-0.39, 0.29) is 18.1 Å². The third-order valence-corrected chi connectivity index (χ3v) is 5.28. The summed E-state index contributed by atoms with van der Waals surface area (Å²) >= 11 is 0. The molecule has 204 valence electrons. The Hall–Kier alpha value is -4.28. The van der Waals surface area contributed by atoms with Crippen LogP contribution in [0.15, 0.2) is 49.3 Å². The lowest BCUT2D eigenvalue weighted by atomic mass is 10.1. The molecular formula is C27H36N6O5. The first-order valence-electron chi connectivity index (χ1n) is 12.4. The predicted molar refractivity (Wildman–Crippen MR) is 147 cm³/mol. The first kappa shape index (κ1) is 28.3. The number of rotatable bonds is 13. The fourth-order valence-corrected chi connectivity index (χ4v) is 3.55. The van der Waals surface area contributed by atoms with Crippen molar-refractivity contribution < 1.29 is 23.8 Å². The molecule has 0 spiro atoms. The van der Waals surface area contributed by atoms with Crippen molar-refractivity contribution in [3.63, 3.8) is 0 Å². The number of hydrogen-bond acceptors (Lipinski definition) is 10. The first-order valence-corrected chi connectivity index (χ1v) is 12.4. The molecule has 1 aliphatic heterocycles. The number of carbonyl (C=O) groups excluding carboxylic acids is 2. The summed E-state index contributed by atoms with van der Waals surface area (Å²) in [6.07, 6.45) is 3.80. The normalized spacial score (nSPS) is 13.4. The van der Waals surface area contributed by atoms with E-state index in [0.29, 0.717) is 53.2 Å². The van der Waals surface area contributed by atoms with Crippen LogP contribution in [0.2, 0.25) is 0 Å². The topological polar surface area (TPSA) is 127 Å². The minimum Gasteiger partial charge on any atom is -0.482 e. The van der Waals surface area contributed by atoms with Gasteiger partial charge in [0, 0.05) is 38.1 Å². The van der Waals surface area contributed by atoms with Crippen molar-refractivity contribution in [2.45, 2.75) is 39.7 Å². The van der Waals surface area contributed by atoms with E-state index in [9.17, 15) is 9.59 Å². The van der Waals surface area contributed by atoms with Gasteiger partial charge in [-0.3, -0.25) is 4.79 Å². The number of nitrogens with one attached hydrogen (secondary N) is 3. The van der Waals surface area contributed by atoms with E-state index >= 15 is 0 Å². The van der Waals surface area contributed by atoms with Crippen LogP contribution in [0, 0.1) is 0 Å². The van der Waals surface area contributed by atoms with E-state index in [1.54, 1.807) is 31.3 Å². The Bertz CT molecular complexity index is 1190. The minimum atomic E-state index is -0.443.